The maximum Gasteiger partial charge on any atom is 0.158 e. The molecule has 1 aliphatic heterocycles. The lowest BCUT2D eigenvalue weighted by atomic mass is 10.1. The maximum atomic E-state index is 13.1. The average molecular weight is 206 g/mol. The van der Waals surface area contributed by atoms with Gasteiger partial charge in [-0.25, -0.2) is 14.4 Å². The monoisotopic (exact) mass is 206 g/mol. The molecular weight excluding hydrogens is 195 g/mol. The highest BCUT2D eigenvalue weighted by Gasteiger charge is 2.20. The van der Waals surface area contributed by atoms with Crippen molar-refractivity contribution in [3.05, 3.63) is 18.1 Å². The fourth-order valence-electron chi connectivity index (χ4n) is 1.68. The maximum absolute atomic E-state index is 13.1. The van der Waals surface area contributed by atoms with Gasteiger partial charge in [0.25, 0.3) is 0 Å². The largest absolute Gasteiger partial charge is 0.352 e. The quantitative estimate of drug-likeness (QED) is 0.694. The van der Waals surface area contributed by atoms with Gasteiger partial charge in [0.15, 0.2) is 5.69 Å². The van der Waals surface area contributed by atoms with E-state index in [2.05, 4.69) is 9.97 Å². The van der Waals surface area contributed by atoms with E-state index in [0.717, 1.165) is 13.0 Å². The summed E-state index contributed by atoms with van der Waals surface area (Å²) in [6.07, 6.45) is 3.62. The number of nitrogens with zero attached hydrogens (tertiary/aromatic N) is 4. The molecule has 1 atom stereocenters. The van der Waals surface area contributed by atoms with Crippen LogP contribution in [0, 0.1) is 11.3 Å². The van der Waals surface area contributed by atoms with Crippen molar-refractivity contribution >= 4 is 5.82 Å². The predicted molar refractivity (Wildman–Crippen MR) is 53.1 cm³/mol. The van der Waals surface area contributed by atoms with Crippen LogP contribution in [0.5, 0.6) is 0 Å². The zero-order valence-electron chi connectivity index (χ0n) is 8.23. The molecule has 0 aromatic carbocycles. The summed E-state index contributed by atoms with van der Waals surface area (Å²) in [6, 6.07) is 1.90. The van der Waals surface area contributed by atoms with Crippen LogP contribution in [-0.2, 0) is 0 Å². The van der Waals surface area contributed by atoms with E-state index in [4.69, 9.17) is 5.26 Å². The van der Waals surface area contributed by atoms with Crippen molar-refractivity contribution in [2.75, 3.05) is 18.0 Å². The zero-order chi connectivity index (χ0) is 10.7. The molecule has 1 saturated heterocycles. The highest BCUT2D eigenvalue weighted by Crippen LogP contribution is 2.18. The Bertz CT molecular complexity index is 370. The second-order valence-corrected chi connectivity index (χ2v) is 3.56. The Balaban J connectivity index is 2.12. The number of alkyl halides is 1. The van der Waals surface area contributed by atoms with Crippen LogP contribution in [0.4, 0.5) is 10.2 Å². The van der Waals surface area contributed by atoms with Crippen molar-refractivity contribution in [3.63, 3.8) is 0 Å². The Morgan fingerprint density at radius 1 is 1.47 bits per heavy atom. The van der Waals surface area contributed by atoms with Gasteiger partial charge in [-0.3, -0.25) is 0 Å². The van der Waals surface area contributed by atoms with Crippen LogP contribution in [0.3, 0.4) is 0 Å². The van der Waals surface area contributed by atoms with Gasteiger partial charge in [0.1, 0.15) is 18.1 Å². The van der Waals surface area contributed by atoms with E-state index in [1.807, 2.05) is 11.0 Å². The van der Waals surface area contributed by atoms with Gasteiger partial charge in [-0.1, -0.05) is 0 Å². The molecule has 0 aliphatic carbocycles. The number of aromatic nitrogens is 2. The summed E-state index contributed by atoms with van der Waals surface area (Å²) < 4.78 is 13.1. The standard InChI is InChI=1S/C10H11FN4/c11-8-2-1-3-15(7-8)10-6-13-9(4-12)5-14-10/h5-6,8H,1-3,7H2. The number of anilines is 1. The summed E-state index contributed by atoms with van der Waals surface area (Å²) in [5, 5.41) is 8.55. The van der Waals surface area contributed by atoms with Crippen molar-refractivity contribution in [2.45, 2.75) is 19.0 Å². The number of hydrogen-bond donors (Lipinski definition) is 0. The number of rotatable bonds is 1. The molecule has 15 heavy (non-hydrogen) atoms. The number of hydrogen-bond acceptors (Lipinski definition) is 4. The van der Waals surface area contributed by atoms with Crippen LogP contribution in [0.2, 0.25) is 0 Å². The van der Waals surface area contributed by atoms with Gasteiger partial charge in [-0.05, 0) is 12.8 Å². The van der Waals surface area contributed by atoms with E-state index in [0.29, 0.717) is 18.8 Å². The van der Waals surface area contributed by atoms with Crippen LogP contribution < -0.4 is 4.90 Å². The molecule has 2 rings (SSSR count). The number of piperidine rings is 1. The lowest BCUT2D eigenvalue weighted by Crippen LogP contribution is -2.36. The van der Waals surface area contributed by atoms with Gasteiger partial charge >= 0.3 is 0 Å². The molecule has 0 N–H and O–H groups in total. The molecule has 0 radical (unpaired) electrons. The van der Waals surface area contributed by atoms with Crippen LogP contribution in [0.25, 0.3) is 0 Å². The fraction of sp³-hybridized carbons (Fsp3) is 0.500. The third kappa shape index (κ3) is 2.21. The van der Waals surface area contributed by atoms with E-state index in [9.17, 15) is 4.39 Å². The van der Waals surface area contributed by atoms with Crippen molar-refractivity contribution in [2.24, 2.45) is 0 Å². The van der Waals surface area contributed by atoms with Gasteiger partial charge in [-0.15, -0.1) is 0 Å². The second kappa shape index (κ2) is 4.22. The van der Waals surface area contributed by atoms with Gasteiger partial charge in [0.2, 0.25) is 0 Å². The second-order valence-electron chi connectivity index (χ2n) is 3.56. The SMILES string of the molecule is N#Cc1cnc(N2CCCC(F)C2)cn1. The van der Waals surface area contributed by atoms with Crippen LogP contribution in [0.15, 0.2) is 12.4 Å². The predicted octanol–water partition coefficient (Wildman–Crippen LogP) is 1.29. The summed E-state index contributed by atoms with van der Waals surface area (Å²) in [7, 11) is 0. The highest BCUT2D eigenvalue weighted by molar-refractivity contribution is 5.37. The van der Waals surface area contributed by atoms with E-state index >= 15 is 0 Å². The first kappa shape index (κ1) is 9.84. The van der Waals surface area contributed by atoms with Crippen LogP contribution >= 0.6 is 0 Å². The first-order chi connectivity index (χ1) is 7.29. The molecule has 1 fully saturated rings. The molecule has 1 unspecified atom stereocenters. The summed E-state index contributed by atoms with van der Waals surface area (Å²) >= 11 is 0. The van der Waals surface area contributed by atoms with Gasteiger partial charge in [0, 0.05) is 6.54 Å². The minimum atomic E-state index is -0.781. The molecule has 1 aromatic rings. The molecule has 5 heteroatoms. The van der Waals surface area contributed by atoms with Gasteiger partial charge in [-0.2, -0.15) is 5.26 Å². The number of halogens is 1. The Labute approximate surface area is 87.4 Å². The lowest BCUT2D eigenvalue weighted by molar-refractivity contribution is 0.286. The first-order valence-corrected chi connectivity index (χ1v) is 4.91. The molecule has 1 aliphatic rings. The molecule has 0 spiro atoms. The Morgan fingerprint density at radius 3 is 2.93 bits per heavy atom. The third-order valence-corrected chi connectivity index (χ3v) is 2.44. The van der Waals surface area contributed by atoms with Crippen molar-refractivity contribution < 1.29 is 4.39 Å². The van der Waals surface area contributed by atoms with Crippen molar-refractivity contribution in [1.82, 2.24) is 9.97 Å². The van der Waals surface area contributed by atoms with E-state index in [-0.39, 0.29) is 5.69 Å². The van der Waals surface area contributed by atoms with Crippen LogP contribution in [0.1, 0.15) is 18.5 Å². The molecule has 0 saturated carbocycles. The van der Waals surface area contributed by atoms with E-state index < -0.39 is 6.17 Å². The topological polar surface area (TPSA) is 52.8 Å². The molecule has 0 amide bonds. The van der Waals surface area contributed by atoms with Crippen molar-refractivity contribution in [1.29, 1.82) is 5.26 Å². The highest BCUT2D eigenvalue weighted by atomic mass is 19.1. The summed E-state index contributed by atoms with van der Waals surface area (Å²) in [5.41, 5.74) is 0.285. The number of nitriles is 1. The molecule has 0 bridgehead atoms. The lowest BCUT2D eigenvalue weighted by Gasteiger charge is -2.29. The van der Waals surface area contributed by atoms with E-state index in [1.54, 1.807) is 0 Å². The fourth-order valence-corrected chi connectivity index (χ4v) is 1.68. The minimum Gasteiger partial charge on any atom is -0.352 e. The van der Waals surface area contributed by atoms with Gasteiger partial charge < -0.3 is 4.90 Å². The molecule has 4 nitrogen and oxygen atoms in total. The molecule has 2 heterocycles. The molecular formula is C10H11FN4. The minimum absolute atomic E-state index is 0.285. The van der Waals surface area contributed by atoms with Crippen molar-refractivity contribution in [3.8, 4) is 6.07 Å². The van der Waals surface area contributed by atoms with Crippen LogP contribution in [-0.4, -0.2) is 29.2 Å². The molecule has 78 valence electrons. The van der Waals surface area contributed by atoms with E-state index in [1.165, 1.54) is 12.4 Å². The first-order valence-electron chi connectivity index (χ1n) is 4.91. The van der Waals surface area contributed by atoms with Gasteiger partial charge in [0.05, 0.1) is 18.9 Å². The summed E-state index contributed by atoms with van der Waals surface area (Å²) in [5.74, 6) is 0.649. The zero-order valence-corrected chi connectivity index (χ0v) is 8.23. The Morgan fingerprint density at radius 2 is 2.33 bits per heavy atom. The summed E-state index contributed by atoms with van der Waals surface area (Å²) in [6.45, 7) is 1.18. The smallest absolute Gasteiger partial charge is 0.158 e. The third-order valence-electron chi connectivity index (χ3n) is 2.44. The Hall–Kier alpha value is -1.70. The molecule has 1 aromatic heterocycles. The average Bonchev–Trinajstić information content (AvgIpc) is 2.29. The normalized spacial score (nSPS) is 21.1. The summed E-state index contributed by atoms with van der Waals surface area (Å²) in [4.78, 5) is 9.85. The Kier molecular flexibility index (Phi) is 2.77.